The van der Waals surface area contributed by atoms with Crippen molar-refractivity contribution in [2.24, 2.45) is 0 Å². The fourth-order valence-corrected chi connectivity index (χ4v) is 3.67. The Kier molecular flexibility index (Phi) is 4.44. The fraction of sp³-hybridized carbons (Fsp3) is 0.0769. The van der Waals surface area contributed by atoms with Gasteiger partial charge in [-0.15, -0.1) is 0 Å². The van der Waals surface area contributed by atoms with Crippen molar-refractivity contribution in [3.8, 4) is 11.5 Å². The Hall–Kier alpha value is -4.12. The summed E-state index contributed by atoms with van der Waals surface area (Å²) in [6, 6.07) is 19.9. The predicted octanol–water partition coefficient (Wildman–Crippen LogP) is 5.89. The minimum atomic E-state index is -0.615. The molecule has 5 heteroatoms. The maximum Gasteiger partial charge on any atom is 0.379 e. The zero-order valence-corrected chi connectivity index (χ0v) is 17.0. The molecule has 1 aliphatic heterocycles. The third kappa shape index (κ3) is 3.40. The van der Waals surface area contributed by atoms with Gasteiger partial charge in [-0.05, 0) is 54.8 Å². The van der Waals surface area contributed by atoms with Crippen molar-refractivity contribution in [1.82, 2.24) is 0 Å². The molecule has 0 bridgehead atoms. The summed E-state index contributed by atoms with van der Waals surface area (Å²) in [4.78, 5) is 25.4. The number of Topliss-reactive ketones (excluding diaryl/α,β-unsaturated/α-hetero) is 1. The number of allylic oxidation sites excluding steroid dienone is 1. The van der Waals surface area contributed by atoms with E-state index in [1.54, 1.807) is 37.3 Å². The summed E-state index contributed by atoms with van der Waals surface area (Å²) in [5.74, 6) is 0.204. The molecule has 2 heterocycles. The van der Waals surface area contributed by atoms with Crippen LogP contribution in [-0.4, -0.2) is 11.8 Å². The molecule has 5 rings (SSSR count). The molecule has 3 aromatic carbocycles. The Morgan fingerprint density at radius 3 is 2.52 bits per heavy atom. The van der Waals surface area contributed by atoms with Crippen LogP contribution in [0.2, 0.25) is 0 Å². The molecule has 0 unspecified atom stereocenters. The molecule has 0 amide bonds. The summed E-state index contributed by atoms with van der Waals surface area (Å²) in [7, 11) is 0. The Balaban J connectivity index is 1.43. The lowest BCUT2D eigenvalue weighted by atomic mass is 10.0. The first-order valence-electron chi connectivity index (χ1n) is 9.85. The number of carbonyl (C=O) groups excluding carboxylic acids is 2. The highest BCUT2D eigenvalue weighted by Gasteiger charge is 2.30. The van der Waals surface area contributed by atoms with Crippen LogP contribution in [0.5, 0.6) is 11.5 Å². The maximum absolute atomic E-state index is 12.9. The molecule has 1 aliphatic rings. The molecule has 1 aromatic heterocycles. The van der Waals surface area contributed by atoms with Gasteiger partial charge in [-0.2, -0.15) is 0 Å². The van der Waals surface area contributed by atoms with Crippen LogP contribution in [0, 0.1) is 13.8 Å². The number of benzene rings is 3. The highest BCUT2D eigenvalue weighted by Crippen LogP contribution is 2.38. The highest BCUT2D eigenvalue weighted by atomic mass is 16.5. The first kappa shape index (κ1) is 18.9. The van der Waals surface area contributed by atoms with Crippen LogP contribution >= 0.6 is 0 Å². The van der Waals surface area contributed by atoms with E-state index >= 15 is 0 Å². The van der Waals surface area contributed by atoms with Gasteiger partial charge in [-0.3, -0.25) is 4.79 Å². The van der Waals surface area contributed by atoms with Crippen molar-refractivity contribution < 1.29 is 23.5 Å². The van der Waals surface area contributed by atoms with E-state index in [0.29, 0.717) is 22.5 Å². The summed E-state index contributed by atoms with van der Waals surface area (Å²) >= 11 is 0. The van der Waals surface area contributed by atoms with Crippen molar-refractivity contribution in [1.29, 1.82) is 0 Å². The topological polar surface area (TPSA) is 65.7 Å². The number of hydrogen-bond acceptors (Lipinski definition) is 5. The van der Waals surface area contributed by atoms with Crippen molar-refractivity contribution >= 4 is 28.8 Å². The SMILES string of the molecule is Cc1ccccc1/C=C1\Oc2cc(OC(=O)c3cc4ccccc4o3)cc(C)c2C1=O. The molecule has 0 atom stereocenters. The molecule has 0 N–H and O–H groups in total. The van der Waals surface area contributed by atoms with Crippen LogP contribution < -0.4 is 9.47 Å². The van der Waals surface area contributed by atoms with Gasteiger partial charge in [-0.1, -0.05) is 42.5 Å². The molecule has 0 saturated carbocycles. The first-order valence-corrected chi connectivity index (χ1v) is 9.85. The number of furan rings is 1. The molecule has 0 fully saturated rings. The van der Waals surface area contributed by atoms with Crippen LogP contribution in [0.15, 0.2) is 76.9 Å². The van der Waals surface area contributed by atoms with Gasteiger partial charge in [-0.25, -0.2) is 4.79 Å². The maximum atomic E-state index is 12.9. The number of ether oxygens (including phenoxy) is 2. The minimum Gasteiger partial charge on any atom is -0.452 e. The monoisotopic (exact) mass is 410 g/mol. The lowest BCUT2D eigenvalue weighted by molar-refractivity contribution is 0.0703. The van der Waals surface area contributed by atoms with E-state index in [4.69, 9.17) is 13.9 Å². The van der Waals surface area contributed by atoms with E-state index in [1.807, 2.05) is 49.4 Å². The van der Waals surface area contributed by atoms with Crippen molar-refractivity contribution in [3.05, 3.63) is 101 Å². The third-order valence-electron chi connectivity index (χ3n) is 5.26. The van der Waals surface area contributed by atoms with Crippen LogP contribution in [0.4, 0.5) is 0 Å². The zero-order chi connectivity index (χ0) is 21.5. The first-order chi connectivity index (χ1) is 15.0. The van der Waals surface area contributed by atoms with E-state index in [1.165, 1.54) is 0 Å². The van der Waals surface area contributed by atoms with Crippen molar-refractivity contribution in [2.75, 3.05) is 0 Å². The number of ketones is 1. The summed E-state index contributed by atoms with van der Waals surface area (Å²) in [6.07, 6.45) is 1.73. The third-order valence-corrected chi connectivity index (χ3v) is 5.26. The smallest absolute Gasteiger partial charge is 0.379 e. The molecule has 31 heavy (non-hydrogen) atoms. The predicted molar refractivity (Wildman–Crippen MR) is 116 cm³/mol. The number of hydrogen-bond donors (Lipinski definition) is 0. The second-order valence-corrected chi connectivity index (χ2v) is 7.45. The van der Waals surface area contributed by atoms with Gasteiger partial charge in [0.1, 0.15) is 17.1 Å². The molecule has 152 valence electrons. The van der Waals surface area contributed by atoms with E-state index in [9.17, 15) is 9.59 Å². The fourth-order valence-electron chi connectivity index (χ4n) is 3.67. The largest absolute Gasteiger partial charge is 0.452 e. The van der Waals surface area contributed by atoms with Gasteiger partial charge < -0.3 is 13.9 Å². The van der Waals surface area contributed by atoms with Crippen molar-refractivity contribution in [3.63, 3.8) is 0 Å². The minimum absolute atomic E-state index is 0.108. The normalized spacial score (nSPS) is 14.0. The summed E-state index contributed by atoms with van der Waals surface area (Å²) in [6.45, 7) is 3.76. The van der Waals surface area contributed by atoms with Gasteiger partial charge in [0.15, 0.2) is 5.76 Å². The highest BCUT2D eigenvalue weighted by molar-refractivity contribution is 6.15. The molecule has 0 spiro atoms. The molecular formula is C26H18O5. The quantitative estimate of drug-likeness (QED) is 0.240. The van der Waals surface area contributed by atoms with E-state index in [2.05, 4.69) is 0 Å². The lowest BCUT2D eigenvalue weighted by Gasteiger charge is -2.06. The average molecular weight is 410 g/mol. The Morgan fingerprint density at radius 2 is 1.71 bits per heavy atom. The van der Waals surface area contributed by atoms with Crippen LogP contribution in [-0.2, 0) is 0 Å². The number of rotatable bonds is 3. The second-order valence-electron chi connectivity index (χ2n) is 7.45. The number of aryl methyl sites for hydroxylation is 2. The van der Waals surface area contributed by atoms with Gasteiger partial charge in [0.2, 0.25) is 11.5 Å². The molecule has 4 aromatic rings. The Bertz CT molecular complexity index is 1360. The Labute approximate surface area is 178 Å². The Morgan fingerprint density at radius 1 is 0.935 bits per heavy atom. The standard InChI is InChI=1S/C26H18O5/c1-15-7-3-4-8-17(15)12-22-25(27)24-16(2)11-19(14-21(24)31-22)29-26(28)23-13-18-9-5-6-10-20(18)30-23/h3-14H,1-2H3/b22-12-. The van der Waals surface area contributed by atoms with E-state index in [0.717, 1.165) is 16.5 Å². The molecule has 0 aliphatic carbocycles. The molecule has 0 radical (unpaired) electrons. The van der Waals surface area contributed by atoms with Crippen LogP contribution in [0.1, 0.15) is 37.6 Å². The summed E-state index contributed by atoms with van der Waals surface area (Å²) < 4.78 is 16.9. The number of carbonyl (C=O) groups is 2. The van der Waals surface area contributed by atoms with Gasteiger partial charge >= 0.3 is 5.97 Å². The lowest BCUT2D eigenvalue weighted by Crippen LogP contribution is -2.07. The zero-order valence-electron chi connectivity index (χ0n) is 17.0. The average Bonchev–Trinajstić information content (AvgIpc) is 3.31. The van der Waals surface area contributed by atoms with E-state index in [-0.39, 0.29) is 23.1 Å². The van der Waals surface area contributed by atoms with Gasteiger partial charge in [0.05, 0.1) is 5.56 Å². The number of esters is 1. The summed E-state index contributed by atoms with van der Waals surface area (Å²) in [5.41, 5.74) is 3.71. The van der Waals surface area contributed by atoms with Crippen LogP contribution in [0.25, 0.3) is 17.0 Å². The number of fused-ring (bicyclic) bond motifs is 2. The van der Waals surface area contributed by atoms with Crippen LogP contribution in [0.3, 0.4) is 0 Å². The molecule has 0 saturated heterocycles. The van der Waals surface area contributed by atoms with E-state index < -0.39 is 5.97 Å². The summed E-state index contributed by atoms with van der Waals surface area (Å²) in [5, 5.41) is 0.819. The van der Waals surface area contributed by atoms with Crippen molar-refractivity contribution in [2.45, 2.75) is 13.8 Å². The molecular weight excluding hydrogens is 392 g/mol. The van der Waals surface area contributed by atoms with Gasteiger partial charge in [0.25, 0.3) is 0 Å². The molecule has 5 nitrogen and oxygen atoms in total. The second kappa shape index (κ2) is 7.29. The number of para-hydroxylation sites is 1. The van der Waals surface area contributed by atoms with Gasteiger partial charge in [0, 0.05) is 11.5 Å².